The van der Waals surface area contributed by atoms with E-state index in [9.17, 15) is 4.79 Å². The lowest BCUT2D eigenvalue weighted by Crippen LogP contribution is -2.57. The van der Waals surface area contributed by atoms with Crippen LogP contribution in [0.4, 0.5) is 0 Å². The molecular formula is C19H25ClN2O. The van der Waals surface area contributed by atoms with Crippen LogP contribution in [0.1, 0.15) is 44.7 Å². The molecule has 2 aromatic carbocycles. The summed E-state index contributed by atoms with van der Waals surface area (Å²) in [6.07, 6.45) is 3.17. The Bertz CT molecular complexity index is 675. The third kappa shape index (κ3) is 3.67. The van der Waals surface area contributed by atoms with Crippen LogP contribution >= 0.6 is 12.4 Å². The quantitative estimate of drug-likeness (QED) is 0.893. The lowest BCUT2D eigenvalue weighted by molar-refractivity contribution is -0.128. The molecule has 1 saturated heterocycles. The van der Waals surface area contributed by atoms with Crippen LogP contribution in [0.15, 0.2) is 42.5 Å². The van der Waals surface area contributed by atoms with Gasteiger partial charge in [0.25, 0.3) is 0 Å². The summed E-state index contributed by atoms with van der Waals surface area (Å²) in [6, 6.07) is 14.6. The monoisotopic (exact) mass is 332 g/mol. The summed E-state index contributed by atoms with van der Waals surface area (Å²) < 4.78 is 0. The lowest BCUT2D eigenvalue weighted by Gasteiger charge is -2.34. The zero-order valence-electron chi connectivity index (χ0n) is 13.8. The zero-order valence-corrected chi connectivity index (χ0v) is 14.6. The minimum absolute atomic E-state index is 0. The smallest absolute Gasteiger partial charge is 0.240 e. The predicted octanol–water partition coefficient (Wildman–Crippen LogP) is 3.97. The van der Waals surface area contributed by atoms with Gasteiger partial charge in [0, 0.05) is 0 Å². The Morgan fingerprint density at radius 1 is 1.17 bits per heavy atom. The van der Waals surface area contributed by atoms with Crippen molar-refractivity contribution in [2.24, 2.45) is 0 Å². The highest BCUT2D eigenvalue weighted by Crippen LogP contribution is 2.25. The number of hydrogen-bond donors (Lipinski definition) is 2. The van der Waals surface area contributed by atoms with Gasteiger partial charge in [-0.3, -0.25) is 4.79 Å². The first-order valence-corrected chi connectivity index (χ1v) is 8.14. The maximum absolute atomic E-state index is 12.7. The molecule has 3 rings (SSSR count). The molecule has 4 heteroatoms. The van der Waals surface area contributed by atoms with Gasteiger partial charge in [-0.15, -0.1) is 12.4 Å². The van der Waals surface area contributed by atoms with Crippen molar-refractivity contribution in [3.63, 3.8) is 0 Å². The molecule has 2 unspecified atom stereocenters. The second-order valence-electron chi connectivity index (χ2n) is 6.48. The predicted molar refractivity (Wildman–Crippen MR) is 98.0 cm³/mol. The summed E-state index contributed by atoms with van der Waals surface area (Å²) in [5.74, 6) is 0.104. The summed E-state index contributed by atoms with van der Waals surface area (Å²) in [6.45, 7) is 5.00. The molecule has 0 radical (unpaired) electrons. The molecule has 124 valence electrons. The molecule has 0 saturated carbocycles. The Kier molecular flexibility index (Phi) is 5.66. The van der Waals surface area contributed by atoms with E-state index >= 15 is 0 Å². The molecule has 0 spiro atoms. The molecule has 1 heterocycles. The Morgan fingerprint density at radius 2 is 1.91 bits per heavy atom. The van der Waals surface area contributed by atoms with E-state index in [1.807, 2.05) is 19.1 Å². The number of halogens is 1. The molecule has 1 fully saturated rings. The van der Waals surface area contributed by atoms with Gasteiger partial charge in [0.1, 0.15) is 0 Å². The van der Waals surface area contributed by atoms with Crippen LogP contribution in [0.5, 0.6) is 0 Å². The minimum atomic E-state index is -0.433. The average molecular weight is 333 g/mol. The van der Waals surface area contributed by atoms with Crippen LogP contribution in [0.25, 0.3) is 10.8 Å². The first-order chi connectivity index (χ1) is 10.6. The second kappa shape index (κ2) is 7.33. The van der Waals surface area contributed by atoms with Crippen molar-refractivity contribution in [2.75, 3.05) is 6.54 Å². The van der Waals surface area contributed by atoms with Crippen LogP contribution < -0.4 is 10.6 Å². The third-order valence-corrected chi connectivity index (χ3v) is 4.76. The number of amides is 1. The molecule has 0 aromatic heterocycles. The number of benzene rings is 2. The maximum Gasteiger partial charge on any atom is 0.240 e. The van der Waals surface area contributed by atoms with E-state index in [1.54, 1.807) is 0 Å². The van der Waals surface area contributed by atoms with E-state index < -0.39 is 5.54 Å². The molecule has 1 aliphatic rings. The van der Waals surface area contributed by atoms with Crippen LogP contribution in [-0.4, -0.2) is 18.0 Å². The van der Waals surface area contributed by atoms with E-state index in [0.717, 1.165) is 25.8 Å². The van der Waals surface area contributed by atoms with Crippen molar-refractivity contribution >= 4 is 29.1 Å². The summed E-state index contributed by atoms with van der Waals surface area (Å²) >= 11 is 0. The number of rotatable bonds is 3. The molecule has 0 bridgehead atoms. The molecule has 2 N–H and O–H groups in total. The van der Waals surface area contributed by atoms with Gasteiger partial charge in [0.05, 0.1) is 11.6 Å². The fourth-order valence-corrected chi connectivity index (χ4v) is 3.31. The summed E-state index contributed by atoms with van der Waals surface area (Å²) in [4.78, 5) is 12.7. The maximum atomic E-state index is 12.7. The van der Waals surface area contributed by atoms with E-state index in [0.29, 0.717) is 0 Å². The van der Waals surface area contributed by atoms with Gasteiger partial charge in [-0.1, -0.05) is 42.5 Å². The van der Waals surface area contributed by atoms with E-state index in [1.165, 1.54) is 16.3 Å². The minimum Gasteiger partial charge on any atom is -0.348 e. The molecule has 3 nitrogen and oxygen atoms in total. The Labute approximate surface area is 144 Å². The number of nitrogens with one attached hydrogen (secondary N) is 2. The summed E-state index contributed by atoms with van der Waals surface area (Å²) in [5, 5.41) is 8.99. The zero-order chi connectivity index (χ0) is 15.6. The molecule has 1 aliphatic heterocycles. The van der Waals surface area contributed by atoms with Crippen molar-refractivity contribution in [3.05, 3.63) is 48.0 Å². The van der Waals surface area contributed by atoms with Gasteiger partial charge in [0.2, 0.25) is 5.91 Å². The molecule has 23 heavy (non-hydrogen) atoms. The highest BCUT2D eigenvalue weighted by molar-refractivity contribution is 5.89. The van der Waals surface area contributed by atoms with Crippen molar-refractivity contribution in [2.45, 2.75) is 44.7 Å². The number of carbonyl (C=O) groups excluding carboxylic acids is 1. The summed E-state index contributed by atoms with van der Waals surface area (Å²) in [5.41, 5.74) is 0.739. The van der Waals surface area contributed by atoms with Crippen molar-refractivity contribution < 1.29 is 4.79 Å². The largest absolute Gasteiger partial charge is 0.348 e. The molecule has 1 amide bonds. The van der Waals surface area contributed by atoms with Gasteiger partial charge >= 0.3 is 0 Å². The average Bonchev–Trinajstić information content (AvgIpc) is 2.55. The van der Waals surface area contributed by atoms with Crippen molar-refractivity contribution in [1.29, 1.82) is 0 Å². The van der Waals surface area contributed by atoms with Gasteiger partial charge < -0.3 is 10.6 Å². The molecule has 2 atom stereocenters. The number of fused-ring (bicyclic) bond motifs is 1. The van der Waals surface area contributed by atoms with Crippen molar-refractivity contribution in [3.8, 4) is 0 Å². The number of carbonyl (C=O) groups is 1. The van der Waals surface area contributed by atoms with Gasteiger partial charge in [-0.25, -0.2) is 0 Å². The SMILES string of the molecule is CC(NC(=O)C1(C)CCCCN1)c1cccc2ccccc12.Cl. The fraction of sp³-hybridized carbons (Fsp3) is 0.421. The van der Waals surface area contributed by atoms with Gasteiger partial charge in [0.15, 0.2) is 0 Å². The standard InChI is InChI=1S/C19H24N2O.ClH/c1-14(21-18(22)19(2)12-5-6-13-20-19)16-11-7-9-15-8-3-4-10-17(15)16;/h3-4,7-11,14,20H,5-6,12-13H2,1-2H3,(H,21,22);1H. The normalized spacial score (nSPS) is 22.2. The molecular weight excluding hydrogens is 308 g/mol. The topological polar surface area (TPSA) is 41.1 Å². The van der Waals surface area contributed by atoms with Crippen LogP contribution in [0.3, 0.4) is 0 Å². The van der Waals surface area contributed by atoms with E-state index in [-0.39, 0.29) is 24.4 Å². The Morgan fingerprint density at radius 3 is 2.65 bits per heavy atom. The molecule has 2 aromatic rings. The van der Waals surface area contributed by atoms with Crippen LogP contribution in [-0.2, 0) is 4.79 Å². The highest BCUT2D eigenvalue weighted by Gasteiger charge is 2.34. The lowest BCUT2D eigenvalue weighted by atomic mass is 9.89. The van der Waals surface area contributed by atoms with Crippen LogP contribution in [0, 0.1) is 0 Å². The molecule has 0 aliphatic carbocycles. The van der Waals surface area contributed by atoms with Crippen molar-refractivity contribution in [1.82, 2.24) is 10.6 Å². The van der Waals surface area contributed by atoms with Gasteiger partial charge in [-0.2, -0.15) is 0 Å². The van der Waals surface area contributed by atoms with Gasteiger partial charge in [-0.05, 0) is 56.0 Å². The Balaban J connectivity index is 0.00000192. The Hall–Kier alpha value is -1.58. The first kappa shape index (κ1) is 17.8. The van der Waals surface area contributed by atoms with E-state index in [2.05, 4.69) is 47.9 Å². The number of hydrogen-bond acceptors (Lipinski definition) is 2. The van der Waals surface area contributed by atoms with E-state index in [4.69, 9.17) is 0 Å². The number of piperidine rings is 1. The third-order valence-electron chi connectivity index (χ3n) is 4.76. The highest BCUT2D eigenvalue weighted by atomic mass is 35.5. The second-order valence-corrected chi connectivity index (χ2v) is 6.48. The van der Waals surface area contributed by atoms with Crippen LogP contribution in [0.2, 0.25) is 0 Å². The fourth-order valence-electron chi connectivity index (χ4n) is 3.31. The summed E-state index contributed by atoms with van der Waals surface area (Å²) in [7, 11) is 0. The first-order valence-electron chi connectivity index (χ1n) is 8.14.